The van der Waals surface area contributed by atoms with Gasteiger partial charge in [0, 0.05) is 22.5 Å². The van der Waals surface area contributed by atoms with Crippen LogP contribution in [0.15, 0.2) is 63.4 Å². The lowest BCUT2D eigenvalue weighted by atomic mass is 10.1. The SMILES string of the molecule is COc1cccc(N=c2scc(-c3ccc(Br)cc3)n2CC2CCCO2)c1. The summed E-state index contributed by atoms with van der Waals surface area (Å²) in [5, 5.41) is 2.18. The first kappa shape index (κ1) is 18.5. The third-order valence-electron chi connectivity index (χ3n) is 4.63. The van der Waals surface area contributed by atoms with Gasteiger partial charge >= 0.3 is 0 Å². The van der Waals surface area contributed by atoms with E-state index in [-0.39, 0.29) is 6.10 Å². The predicted octanol–water partition coefficient (Wildman–Crippen LogP) is 5.40. The van der Waals surface area contributed by atoms with Crippen molar-refractivity contribution in [1.82, 2.24) is 4.57 Å². The molecule has 0 spiro atoms. The molecule has 0 amide bonds. The zero-order valence-electron chi connectivity index (χ0n) is 15.1. The van der Waals surface area contributed by atoms with Crippen molar-refractivity contribution < 1.29 is 9.47 Å². The molecule has 0 aliphatic carbocycles. The Kier molecular flexibility index (Phi) is 5.76. The summed E-state index contributed by atoms with van der Waals surface area (Å²) in [6.07, 6.45) is 2.48. The van der Waals surface area contributed by atoms with Gasteiger partial charge in [-0.1, -0.05) is 34.1 Å². The van der Waals surface area contributed by atoms with Gasteiger partial charge in [0.1, 0.15) is 5.75 Å². The molecule has 2 heterocycles. The molecule has 0 saturated carbocycles. The highest BCUT2D eigenvalue weighted by molar-refractivity contribution is 9.10. The molecule has 1 aliphatic rings. The summed E-state index contributed by atoms with van der Waals surface area (Å²) in [5.74, 6) is 0.812. The van der Waals surface area contributed by atoms with E-state index >= 15 is 0 Å². The second-order valence-corrected chi connectivity index (χ2v) is 8.22. The summed E-state index contributed by atoms with van der Waals surface area (Å²) in [6, 6.07) is 16.3. The molecular weight excluding hydrogens is 424 g/mol. The van der Waals surface area contributed by atoms with Crippen LogP contribution in [0.3, 0.4) is 0 Å². The highest BCUT2D eigenvalue weighted by Crippen LogP contribution is 2.25. The maximum atomic E-state index is 5.89. The fourth-order valence-corrected chi connectivity index (χ4v) is 4.43. The number of ether oxygens (including phenoxy) is 2. The lowest BCUT2D eigenvalue weighted by molar-refractivity contribution is 0.0968. The van der Waals surface area contributed by atoms with Crippen molar-refractivity contribution in [1.29, 1.82) is 0 Å². The van der Waals surface area contributed by atoms with Gasteiger partial charge < -0.3 is 14.0 Å². The fourth-order valence-electron chi connectivity index (χ4n) is 3.23. The minimum atomic E-state index is 0.248. The lowest BCUT2D eigenvalue weighted by Crippen LogP contribution is -2.24. The third-order valence-corrected chi connectivity index (χ3v) is 6.02. The zero-order chi connectivity index (χ0) is 18.6. The van der Waals surface area contributed by atoms with Crippen LogP contribution < -0.4 is 9.54 Å². The molecule has 4 rings (SSSR count). The Balaban J connectivity index is 1.78. The minimum absolute atomic E-state index is 0.248. The van der Waals surface area contributed by atoms with Gasteiger partial charge in [-0.3, -0.25) is 0 Å². The van der Waals surface area contributed by atoms with Crippen molar-refractivity contribution >= 4 is 33.0 Å². The molecule has 1 fully saturated rings. The van der Waals surface area contributed by atoms with Crippen LogP contribution in [-0.2, 0) is 11.3 Å². The van der Waals surface area contributed by atoms with E-state index in [4.69, 9.17) is 14.5 Å². The average Bonchev–Trinajstić information content (AvgIpc) is 3.34. The van der Waals surface area contributed by atoms with Crippen molar-refractivity contribution in [2.45, 2.75) is 25.5 Å². The molecule has 4 nitrogen and oxygen atoms in total. The number of benzene rings is 2. The molecule has 6 heteroatoms. The van der Waals surface area contributed by atoms with Crippen LogP contribution in [-0.4, -0.2) is 24.4 Å². The minimum Gasteiger partial charge on any atom is -0.497 e. The van der Waals surface area contributed by atoms with Crippen molar-refractivity contribution in [2.24, 2.45) is 4.99 Å². The van der Waals surface area contributed by atoms with Gasteiger partial charge in [-0.2, -0.15) is 0 Å². The van der Waals surface area contributed by atoms with Crippen LogP contribution in [0, 0.1) is 0 Å². The second-order valence-electron chi connectivity index (χ2n) is 6.47. The first-order chi connectivity index (χ1) is 13.2. The van der Waals surface area contributed by atoms with Crippen molar-refractivity contribution in [3.8, 4) is 17.0 Å². The number of methoxy groups -OCH3 is 1. The molecule has 1 unspecified atom stereocenters. The Labute approximate surface area is 171 Å². The van der Waals surface area contributed by atoms with E-state index in [0.717, 1.165) is 46.7 Å². The van der Waals surface area contributed by atoms with Gasteiger partial charge in [0.15, 0.2) is 4.80 Å². The summed E-state index contributed by atoms with van der Waals surface area (Å²) in [4.78, 5) is 5.86. The average molecular weight is 445 g/mol. The van der Waals surface area contributed by atoms with E-state index in [0.29, 0.717) is 0 Å². The first-order valence-corrected chi connectivity index (χ1v) is 10.6. The maximum absolute atomic E-state index is 5.89. The largest absolute Gasteiger partial charge is 0.497 e. The number of halogens is 1. The van der Waals surface area contributed by atoms with Crippen LogP contribution in [0.2, 0.25) is 0 Å². The summed E-state index contributed by atoms with van der Waals surface area (Å²) in [5.41, 5.74) is 3.24. The standard InChI is InChI=1S/C21H21BrN2O2S/c1-25-18-5-2-4-17(12-18)23-21-24(13-19-6-3-11-26-19)20(14-27-21)15-7-9-16(22)10-8-15/h2,4-5,7-10,12,14,19H,3,6,11,13H2,1H3. The molecule has 1 atom stereocenters. The van der Waals surface area contributed by atoms with Gasteiger partial charge in [0.25, 0.3) is 0 Å². The quantitative estimate of drug-likeness (QED) is 0.527. The third kappa shape index (κ3) is 4.34. The van der Waals surface area contributed by atoms with Crippen molar-refractivity contribution in [3.05, 3.63) is 63.2 Å². The van der Waals surface area contributed by atoms with Gasteiger partial charge in [0.2, 0.25) is 0 Å². The van der Waals surface area contributed by atoms with Gasteiger partial charge in [-0.15, -0.1) is 11.3 Å². The maximum Gasteiger partial charge on any atom is 0.190 e. The summed E-state index contributed by atoms with van der Waals surface area (Å²) < 4.78 is 14.6. The van der Waals surface area contributed by atoms with E-state index in [9.17, 15) is 0 Å². The molecule has 0 bridgehead atoms. The Morgan fingerprint density at radius 1 is 1.26 bits per heavy atom. The van der Waals surface area contributed by atoms with Crippen LogP contribution in [0.4, 0.5) is 5.69 Å². The monoisotopic (exact) mass is 444 g/mol. The molecule has 27 heavy (non-hydrogen) atoms. The number of hydrogen-bond acceptors (Lipinski definition) is 4. The number of thiazole rings is 1. The molecule has 140 valence electrons. The van der Waals surface area contributed by atoms with Gasteiger partial charge in [-0.25, -0.2) is 4.99 Å². The Bertz CT molecular complexity index is 972. The molecule has 0 radical (unpaired) electrons. The van der Waals surface area contributed by atoms with Crippen LogP contribution in [0.1, 0.15) is 12.8 Å². The molecular formula is C21H21BrN2O2S. The number of hydrogen-bond donors (Lipinski definition) is 0. The Morgan fingerprint density at radius 3 is 2.85 bits per heavy atom. The Hall–Kier alpha value is -1.89. The molecule has 2 aromatic carbocycles. The molecule has 1 aromatic heterocycles. The van der Waals surface area contributed by atoms with E-state index in [1.165, 1.54) is 11.3 Å². The smallest absolute Gasteiger partial charge is 0.190 e. The van der Waals surface area contributed by atoms with Crippen LogP contribution in [0.5, 0.6) is 5.75 Å². The van der Waals surface area contributed by atoms with Gasteiger partial charge in [-0.05, 0) is 42.7 Å². The van der Waals surface area contributed by atoms with Crippen LogP contribution >= 0.6 is 27.3 Å². The predicted molar refractivity (Wildman–Crippen MR) is 113 cm³/mol. The normalized spacial score (nSPS) is 17.4. The molecule has 1 aliphatic heterocycles. The number of nitrogens with zero attached hydrogens (tertiary/aromatic N) is 2. The van der Waals surface area contributed by atoms with E-state index in [1.54, 1.807) is 18.4 Å². The molecule has 3 aromatic rings. The van der Waals surface area contributed by atoms with E-state index in [1.807, 2.05) is 24.3 Å². The highest BCUT2D eigenvalue weighted by Gasteiger charge is 2.19. The summed E-state index contributed by atoms with van der Waals surface area (Å²) in [6.45, 7) is 1.67. The van der Waals surface area contributed by atoms with Crippen LogP contribution in [0.25, 0.3) is 11.3 Å². The summed E-state index contributed by atoms with van der Waals surface area (Å²) >= 11 is 5.17. The first-order valence-electron chi connectivity index (χ1n) is 8.97. The van der Waals surface area contributed by atoms with Crippen molar-refractivity contribution in [2.75, 3.05) is 13.7 Å². The number of aromatic nitrogens is 1. The highest BCUT2D eigenvalue weighted by atomic mass is 79.9. The number of rotatable bonds is 5. The van der Waals surface area contributed by atoms with Crippen molar-refractivity contribution in [3.63, 3.8) is 0 Å². The zero-order valence-corrected chi connectivity index (χ0v) is 17.5. The molecule has 1 saturated heterocycles. The fraction of sp³-hybridized carbons (Fsp3) is 0.286. The topological polar surface area (TPSA) is 35.8 Å². The lowest BCUT2D eigenvalue weighted by Gasteiger charge is -2.14. The van der Waals surface area contributed by atoms with Gasteiger partial charge in [0.05, 0.1) is 31.1 Å². The van der Waals surface area contributed by atoms with E-state index < -0.39 is 0 Å². The Morgan fingerprint density at radius 2 is 2.11 bits per heavy atom. The van der Waals surface area contributed by atoms with E-state index in [2.05, 4.69) is 50.1 Å². The summed E-state index contributed by atoms with van der Waals surface area (Å²) in [7, 11) is 1.67. The second kappa shape index (κ2) is 8.42. The molecule has 0 N–H and O–H groups in total.